The van der Waals surface area contributed by atoms with Crippen LogP contribution in [0, 0.1) is 0 Å². The fraction of sp³-hybridized carbons (Fsp3) is 0.364. The molecule has 0 aromatic carbocycles. The van der Waals surface area contributed by atoms with E-state index in [1.807, 2.05) is 11.7 Å². The topological polar surface area (TPSA) is 50.7 Å². The van der Waals surface area contributed by atoms with Gasteiger partial charge in [0.1, 0.15) is 0 Å². The SMILES string of the molecule is CCc1nc(-c2cncs2)nc2c1CNC2. The lowest BCUT2D eigenvalue weighted by molar-refractivity contribution is 0.755. The highest BCUT2D eigenvalue weighted by Gasteiger charge is 2.18. The molecule has 1 aliphatic heterocycles. The third-order valence-corrected chi connectivity index (χ3v) is 3.53. The maximum Gasteiger partial charge on any atom is 0.171 e. The maximum atomic E-state index is 4.62. The van der Waals surface area contributed by atoms with Gasteiger partial charge in [-0.05, 0) is 6.42 Å². The first-order chi connectivity index (χ1) is 7.88. The van der Waals surface area contributed by atoms with Crippen molar-refractivity contribution in [1.29, 1.82) is 0 Å². The Morgan fingerprint density at radius 3 is 3.06 bits per heavy atom. The summed E-state index contributed by atoms with van der Waals surface area (Å²) in [5.41, 5.74) is 5.42. The molecule has 0 aliphatic carbocycles. The molecule has 2 aromatic rings. The Bertz CT molecular complexity index is 507. The van der Waals surface area contributed by atoms with Crippen LogP contribution < -0.4 is 5.32 Å². The van der Waals surface area contributed by atoms with Crippen LogP contribution >= 0.6 is 11.3 Å². The van der Waals surface area contributed by atoms with Gasteiger partial charge < -0.3 is 5.32 Å². The van der Waals surface area contributed by atoms with E-state index >= 15 is 0 Å². The average molecular weight is 232 g/mol. The first-order valence-corrected chi connectivity index (χ1v) is 6.24. The molecular formula is C11H12N4S. The Morgan fingerprint density at radius 1 is 1.38 bits per heavy atom. The van der Waals surface area contributed by atoms with Gasteiger partial charge >= 0.3 is 0 Å². The Kier molecular flexibility index (Phi) is 2.41. The monoisotopic (exact) mass is 232 g/mol. The Labute approximate surface area is 97.8 Å². The van der Waals surface area contributed by atoms with Crippen LogP contribution in [0.2, 0.25) is 0 Å². The number of aryl methyl sites for hydroxylation is 1. The predicted molar refractivity (Wildman–Crippen MR) is 63.1 cm³/mol. The van der Waals surface area contributed by atoms with Gasteiger partial charge in [0.25, 0.3) is 0 Å². The molecule has 1 aliphatic rings. The van der Waals surface area contributed by atoms with Gasteiger partial charge in [0, 0.05) is 30.5 Å². The Morgan fingerprint density at radius 2 is 2.31 bits per heavy atom. The largest absolute Gasteiger partial charge is 0.307 e. The van der Waals surface area contributed by atoms with Crippen LogP contribution in [0.3, 0.4) is 0 Å². The predicted octanol–water partition coefficient (Wildman–Crippen LogP) is 1.77. The van der Waals surface area contributed by atoms with Gasteiger partial charge in [-0.25, -0.2) is 9.97 Å². The van der Waals surface area contributed by atoms with Crippen LogP contribution in [-0.2, 0) is 19.5 Å². The fourth-order valence-corrected chi connectivity index (χ4v) is 2.52. The van der Waals surface area contributed by atoms with Crippen molar-refractivity contribution in [2.24, 2.45) is 0 Å². The van der Waals surface area contributed by atoms with E-state index in [9.17, 15) is 0 Å². The zero-order chi connectivity index (χ0) is 11.0. The number of nitrogens with one attached hydrogen (secondary N) is 1. The minimum absolute atomic E-state index is 0.821. The molecule has 0 saturated heterocycles. The third kappa shape index (κ3) is 1.52. The summed E-state index contributed by atoms with van der Waals surface area (Å²) >= 11 is 1.58. The van der Waals surface area contributed by atoms with E-state index < -0.39 is 0 Å². The normalized spacial score (nSPS) is 14.1. The summed E-state index contributed by atoms with van der Waals surface area (Å²) < 4.78 is 0. The molecule has 82 valence electrons. The molecule has 0 saturated carbocycles. The Balaban J connectivity index is 2.15. The minimum atomic E-state index is 0.821. The summed E-state index contributed by atoms with van der Waals surface area (Å²) in [4.78, 5) is 14.3. The molecule has 0 radical (unpaired) electrons. The van der Waals surface area contributed by atoms with Gasteiger partial charge in [-0.2, -0.15) is 0 Å². The average Bonchev–Trinajstić information content (AvgIpc) is 2.97. The molecule has 0 atom stereocenters. The molecule has 0 fully saturated rings. The van der Waals surface area contributed by atoms with Gasteiger partial charge in [0.2, 0.25) is 0 Å². The summed E-state index contributed by atoms with van der Waals surface area (Å²) in [6, 6.07) is 0. The fourth-order valence-electron chi connectivity index (χ4n) is 1.97. The van der Waals surface area contributed by atoms with Gasteiger partial charge in [0.05, 0.1) is 16.1 Å². The summed E-state index contributed by atoms with van der Waals surface area (Å²) in [7, 11) is 0. The summed E-state index contributed by atoms with van der Waals surface area (Å²) in [5.74, 6) is 0.821. The molecule has 4 nitrogen and oxygen atoms in total. The van der Waals surface area contributed by atoms with E-state index in [0.29, 0.717) is 0 Å². The van der Waals surface area contributed by atoms with Gasteiger partial charge in [-0.15, -0.1) is 11.3 Å². The number of rotatable bonds is 2. The summed E-state index contributed by atoms with van der Waals surface area (Å²) in [6.45, 7) is 3.90. The summed E-state index contributed by atoms with van der Waals surface area (Å²) in [6.07, 6.45) is 2.78. The molecule has 2 aromatic heterocycles. The van der Waals surface area contributed by atoms with E-state index in [1.165, 1.54) is 11.3 Å². The first kappa shape index (κ1) is 9.86. The Hall–Kier alpha value is -1.33. The zero-order valence-corrected chi connectivity index (χ0v) is 9.84. The van der Waals surface area contributed by atoms with Gasteiger partial charge in [-0.1, -0.05) is 6.92 Å². The second-order valence-corrected chi connectivity index (χ2v) is 4.63. The van der Waals surface area contributed by atoms with Gasteiger partial charge in [0.15, 0.2) is 5.82 Å². The minimum Gasteiger partial charge on any atom is -0.307 e. The number of thiazole rings is 1. The maximum absolute atomic E-state index is 4.62. The molecule has 16 heavy (non-hydrogen) atoms. The molecule has 0 spiro atoms. The number of hydrogen-bond acceptors (Lipinski definition) is 5. The van der Waals surface area contributed by atoms with Crippen molar-refractivity contribution in [3.8, 4) is 10.7 Å². The first-order valence-electron chi connectivity index (χ1n) is 5.36. The van der Waals surface area contributed by atoms with Crippen LogP contribution in [0.15, 0.2) is 11.7 Å². The van der Waals surface area contributed by atoms with Crippen LogP contribution in [0.4, 0.5) is 0 Å². The third-order valence-electron chi connectivity index (χ3n) is 2.76. The van der Waals surface area contributed by atoms with E-state index in [0.717, 1.165) is 35.9 Å². The van der Waals surface area contributed by atoms with Crippen molar-refractivity contribution < 1.29 is 0 Å². The van der Waals surface area contributed by atoms with Crippen molar-refractivity contribution in [3.63, 3.8) is 0 Å². The molecule has 0 unspecified atom stereocenters. The lowest BCUT2D eigenvalue weighted by Crippen LogP contribution is -2.02. The standard InChI is InChI=1S/C11H12N4S/c1-2-8-7-3-12-4-9(7)15-11(14-8)10-5-13-6-16-10/h5-6,12H,2-4H2,1H3. The lowest BCUT2D eigenvalue weighted by atomic mass is 10.1. The van der Waals surface area contributed by atoms with Crippen LogP contribution in [-0.4, -0.2) is 15.0 Å². The van der Waals surface area contributed by atoms with Crippen LogP contribution in [0.5, 0.6) is 0 Å². The highest BCUT2D eigenvalue weighted by Crippen LogP contribution is 2.24. The van der Waals surface area contributed by atoms with E-state index in [4.69, 9.17) is 0 Å². The van der Waals surface area contributed by atoms with Gasteiger partial charge in [-0.3, -0.25) is 4.98 Å². The molecule has 3 rings (SSSR count). The molecule has 5 heteroatoms. The van der Waals surface area contributed by atoms with Crippen molar-refractivity contribution in [2.45, 2.75) is 26.4 Å². The van der Waals surface area contributed by atoms with E-state index in [2.05, 4.69) is 27.2 Å². The van der Waals surface area contributed by atoms with Crippen molar-refractivity contribution in [3.05, 3.63) is 28.7 Å². The molecule has 1 N–H and O–H groups in total. The number of hydrogen-bond donors (Lipinski definition) is 1. The second-order valence-electron chi connectivity index (χ2n) is 3.74. The highest BCUT2D eigenvalue weighted by atomic mass is 32.1. The zero-order valence-electron chi connectivity index (χ0n) is 9.03. The smallest absolute Gasteiger partial charge is 0.171 e. The van der Waals surface area contributed by atoms with Crippen LogP contribution in [0.25, 0.3) is 10.7 Å². The molecule has 3 heterocycles. The highest BCUT2D eigenvalue weighted by molar-refractivity contribution is 7.13. The van der Waals surface area contributed by atoms with Crippen molar-refractivity contribution in [1.82, 2.24) is 20.3 Å². The van der Waals surface area contributed by atoms with Crippen molar-refractivity contribution in [2.75, 3.05) is 0 Å². The lowest BCUT2D eigenvalue weighted by Gasteiger charge is -2.06. The number of fused-ring (bicyclic) bond motifs is 1. The molecule has 0 bridgehead atoms. The number of nitrogens with zero attached hydrogens (tertiary/aromatic N) is 3. The summed E-state index contributed by atoms with van der Waals surface area (Å²) in [5, 5.41) is 3.32. The van der Waals surface area contributed by atoms with Crippen LogP contribution in [0.1, 0.15) is 23.9 Å². The van der Waals surface area contributed by atoms with E-state index in [-0.39, 0.29) is 0 Å². The quantitative estimate of drug-likeness (QED) is 0.857. The molecule has 0 amide bonds. The van der Waals surface area contributed by atoms with Crippen molar-refractivity contribution >= 4 is 11.3 Å². The van der Waals surface area contributed by atoms with E-state index in [1.54, 1.807) is 11.3 Å². The second kappa shape index (κ2) is 3.92. The number of aromatic nitrogens is 3. The molecular weight excluding hydrogens is 220 g/mol.